The van der Waals surface area contributed by atoms with Gasteiger partial charge in [-0.25, -0.2) is 4.39 Å². The Morgan fingerprint density at radius 2 is 1.68 bits per heavy atom. The molecule has 8 heteroatoms. The van der Waals surface area contributed by atoms with E-state index in [4.69, 9.17) is 16.3 Å². The van der Waals surface area contributed by atoms with Crippen LogP contribution in [0, 0.1) is 5.82 Å². The number of carbonyl (C=O) groups is 3. The quantitative estimate of drug-likeness (QED) is 0.434. The van der Waals surface area contributed by atoms with Crippen molar-refractivity contribution in [3.8, 4) is 5.75 Å². The SMILES string of the molecule is CC(=O)Oc1cccc(C(=O)NCc2ccc(NC(=O)c3c(F)cccc3Cl)cc2)c1. The van der Waals surface area contributed by atoms with E-state index in [9.17, 15) is 18.8 Å². The Labute approximate surface area is 183 Å². The summed E-state index contributed by atoms with van der Waals surface area (Å²) in [5, 5.41) is 5.37. The van der Waals surface area contributed by atoms with E-state index in [0.29, 0.717) is 11.3 Å². The van der Waals surface area contributed by atoms with Crippen molar-refractivity contribution < 1.29 is 23.5 Å². The molecule has 0 bridgehead atoms. The van der Waals surface area contributed by atoms with Crippen molar-refractivity contribution in [3.05, 3.63) is 94.3 Å². The Morgan fingerprint density at radius 3 is 2.35 bits per heavy atom. The van der Waals surface area contributed by atoms with E-state index in [1.54, 1.807) is 42.5 Å². The smallest absolute Gasteiger partial charge is 0.308 e. The second kappa shape index (κ2) is 9.86. The van der Waals surface area contributed by atoms with E-state index >= 15 is 0 Å². The summed E-state index contributed by atoms with van der Waals surface area (Å²) in [7, 11) is 0. The third-order valence-corrected chi connectivity index (χ3v) is 4.53. The monoisotopic (exact) mass is 440 g/mol. The lowest BCUT2D eigenvalue weighted by molar-refractivity contribution is -0.131. The molecule has 6 nitrogen and oxygen atoms in total. The van der Waals surface area contributed by atoms with Gasteiger partial charge in [0.05, 0.1) is 10.6 Å². The molecule has 2 amide bonds. The number of ether oxygens (including phenoxy) is 1. The second-order valence-corrected chi connectivity index (χ2v) is 6.96. The zero-order chi connectivity index (χ0) is 22.4. The lowest BCUT2D eigenvalue weighted by atomic mass is 10.1. The summed E-state index contributed by atoms with van der Waals surface area (Å²) in [6, 6.07) is 17.0. The fraction of sp³-hybridized carbons (Fsp3) is 0.0870. The summed E-state index contributed by atoms with van der Waals surface area (Å²) < 4.78 is 18.8. The molecular formula is C23H18ClFN2O4. The number of esters is 1. The molecule has 0 radical (unpaired) electrons. The molecule has 158 valence electrons. The molecule has 0 heterocycles. The first-order valence-electron chi connectivity index (χ1n) is 9.24. The summed E-state index contributed by atoms with van der Waals surface area (Å²) in [5.74, 6) is -1.88. The molecule has 0 aliphatic rings. The summed E-state index contributed by atoms with van der Waals surface area (Å²) in [5.41, 5.74) is 1.36. The van der Waals surface area contributed by atoms with Crippen molar-refractivity contribution in [3.63, 3.8) is 0 Å². The highest BCUT2D eigenvalue weighted by Crippen LogP contribution is 2.21. The maximum atomic E-state index is 13.9. The van der Waals surface area contributed by atoms with Gasteiger partial charge in [0.15, 0.2) is 0 Å². The van der Waals surface area contributed by atoms with Crippen LogP contribution in [0.25, 0.3) is 0 Å². The molecule has 3 rings (SSSR count). The second-order valence-electron chi connectivity index (χ2n) is 6.55. The summed E-state index contributed by atoms with van der Waals surface area (Å²) in [6.45, 7) is 1.52. The van der Waals surface area contributed by atoms with Crippen molar-refractivity contribution in [1.29, 1.82) is 0 Å². The van der Waals surface area contributed by atoms with Gasteiger partial charge in [-0.15, -0.1) is 0 Å². The minimum atomic E-state index is -0.706. The zero-order valence-corrected chi connectivity index (χ0v) is 17.2. The van der Waals surface area contributed by atoms with Crippen LogP contribution in [0.5, 0.6) is 5.75 Å². The minimum absolute atomic E-state index is 0.0228. The van der Waals surface area contributed by atoms with Crippen LogP contribution in [0.1, 0.15) is 33.2 Å². The molecule has 0 aliphatic carbocycles. The Balaban J connectivity index is 1.59. The Kier molecular flexibility index (Phi) is 6.99. The van der Waals surface area contributed by atoms with Crippen molar-refractivity contribution in [2.45, 2.75) is 13.5 Å². The van der Waals surface area contributed by atoms with Crippen LogP contribution in [0.15, 0.2) is 66.7 Å². The average Bonchev–Trinajstić information content (AvgIpc) is 2.72. The van der Waals surface area contributed by atoms with E-state index in [2.05, 4.69) is 10.6 Å². The van der Waals surface area contributed by atoms with Gasteiger partial charge >= 0.3 is 5.97 Å². The van der Waals surface area contributed by atoms with Crippen LogP contribution < -0.4 is 15.4 Å². The van der Waals surface area contributed by atoms with Gasteiger partial charge in [-0.05, 0) is 48.0 Å². The summed E-state index contributed by atoms with van der Waals surface area (Å²) in [6.07, 6.45) is 0. The minimum Gasteiger partial charge on any atom is -0.427 e. The average molecular weight is 441 g/mol. The first kappa shape index (κ1) is 22.0. The highest BCUT2D eigenvalue weighted by Gasteiger charge is 2.16. The van der Waals surface area contributed by atoms with Gasteiger partial charge in [0.1, 0.15) is 11.6 Å². The molecule has 3 aromatic carbocycles. The molecule has 0 saturated heterocycles. The first-order chi connectivity index (χ1) is 14.8. The topological polar surface area (TPSA) is 84.5 Å². The number of amides is 2. The number of nitrogens with one attached hydrogen (secondary N) is 2. The molecule has 0 saturated carbocycles. The Bertz CT molecular complexity index is 1110. The third kappa shape index (κ3) is 5.90. The van der Waals surface area contributed by atoms with Gasteiger partial charge in [0.2, 0.25) is 0 Å². The molecule has 0 aliphatic heterocycles. The number of rotatable bonds is 6. The standard InChI is InChI=1S/C23H18ClFN2O4/c1-14(28)31-18-5-2-4-16(12-18)22(29)26-13-15-8-10-17(11-9-15)27-23(30)21-19(24)6-3-7-20(21)25/h2-12H,13H2,1H3,(H,26,29)(H,27,30). The number of anilines is 1. The van der Waals surface area contributed by atoms with E-state index < -0.39 is 17.7 Å². The summed E-state index contributed by atoms with van der Waals surface area (Å²) >= 11 is 5.91. The number of halogens is 2. The molecular weight excluding hydrogens is 423 g/mol. The van der Waals surface area contributed by atoms with Gasteiger partial charge in [-0.3, -0.25) is 14.4 Å². The van der Waals surface area contributed by atoms with Crippen LogP contribution in [-0.2, 0) is 11.3 Å². The molecule has 0 atom stereocenters. The highest BCUT2D eigenvalue weighted by molar-refractivity contribution is 6.34. The highest BCUT2D eigenvalue weighted by atomic mass is 35.5. The van der Waals surface area contributed by atoms with Gasteiger partial charge in [0, 0.05) is 24.7 Å². The lowest BCUT2D eigenvalue weighted by Crippen LogP contribution is -2.22. The van der Waals surface area contributed by atoms with Crippen LogP contribution in [0.2, 0.25) is 5.02 Å². The molecule has 2 N–H and O–H groups in total. The Hall–Kier alpha value is -3.71. The fourth-order valence-corrected chi connectivity index (χ4v) is 3.01. The predicted octanol–water partition coefficient (Wildman–Crippen LogP) is 4.59. The van der Waals surface area contributed by atoms with Gasteiger partial charge in [0.25, 0.3) is 11.8 Å². The van der Waals surface area contributed by atoms with E-state index in [-0.39, 0.29) is 28.8 Å². The normalized spacial score (nSPS) is 10.3. The maximum absolute atomic E-state index is 13.9. The largest absolute Gasteiger partial charge is 0.427 e. The van der Waals surface area contributed by atoms with Crippen LogP contribution in [0.3, 0.4) is 0 Å². The fourth-order valence-electron chi connectivity index (χ4n) is 2.77. The lowest BCUT2D eigenvalue weighted by Gasteiger charge is -2.10. The van der Waals surface area contributed by atoms with Gasteiger partial charge in [-0.2, -0.15) is 0 Å². The van der Waals surface area contributed by atoms with Crippen LogP contribution in [-0.4, -0.2) is 17.8 Å². The summed E-state index contributed by atoms with van der Waals surface area (Å²) in [4.78, 5) is 35.7. The van der Waals surface area contributed by atoms with Crippen molar-refractivity contribution in [1.82, 2.24) is 5.32 Å². The van der Waals surface area contributed by atoms with E-state index in [1.165, 1.54) is 25.1 Å². The molecule has 31 heavy (non-hydrogen) atoms. The number of hydrogen-bond acceptors (Lipinski definition) is 4. The van der Waals surface area contributed by atoms with Crippen molar-refractivity contribution >= 4 is 35.1 Å². The van der Waals surface area contributed by atoms with Crippen LogP contribution >= 0.6 is 11.6 Å². The predicted molar refractivity (Wildman–Crippen MR) is 115 cm³/mol. The number of carbonyl (C=O) groups excluding carboxylic acids is 3. The van der Waals surface area contributed by atoms with Crippen LogP contribution in [0.4, 0.5) is 10.1 Å². The first-order valence-corrected chi connectivity index (χ1v) is 9.62. The van der Waals surface area contributed by atoms with E-state index in [1.807, 2.05) is 0 Å². The van der Waals surface area contributed by atoms with Gasteiger partial charge in [-0.1, -0.05) is 35.9 Å². The molecule has 0 aromatic heterocycles. The van der Waals surface area contributed by atoms with E-state index in [0.717, 1.165) is 11.6 Å². The Morgan fingerprint density at radius 1 is 0.968 bits per heavy atom. The van der Waals surface area contributed by atoms with Crippen molar-refractivity contribution in [2.75, 3.05) is 5.32 Å². The molecule has 0 fully saturated rings. The molecule has 0 spiro atoms. The van der Waals surface area contributed by atoms with Gasteiger partial charge < -0.3 is 15.4 Å². The maximum Gasteiger partial charge on any atom is 0.308 e. The molecule has 0 unspecified atom stereocenters. The number of benzene rings is 3. The number of hydrogen-bond donors (Lipinski definition) is 2. The third-order valence-electron chi connectivity index (χ3n) is 4.21. The molecule has 3 aromatic rings. The zero-order valence-electron chi connectivity index (χ0n) is 16.4. The van der Waals surface area contributed by atoms with Crippen molar-refractivity contribution in [2.24, 2.45) is 0 Å².